The van der Waals surface area contributed by atoms with Crippen LogP contribution in [0.2, 0.25) is 0 Å². The highest BCUT2D eigenvalue weighted by Crippen LogP contribution is 2.42. The average molecular weight is 376 g/mol. The molecular formula is C24H24O4. The van der Waals surface area contributed by atoms with Gasteiger partial charge < -0.3 is 18.9 Å². The van der Waals surface area contributed by atoms with Crippen LogP contribution in [0.25, 0.3) is 16.3 Å². The van der Waals surface area contributed by atoms with E-state index in [0.717, 1.165) is 46.6 Å². The molecule has 0 heterocycles. The number of methoxy groups -OCH3 is 4. The third-order valence-corrected chi connectivity index (χ3v) is 5.43. The first-order chi connectivity index (χ1) is 13.7. The number of hydrogen-bond acceptors (Lipinski definition) is 4. The molecule has 28 heavy (non-hydrogen) atoms. The van der Waals surface area contributed by atoms with Crippen LogP contribution in [0.15, 0.2) is 48.5 Å². The molecule has 3 aromatic carbocycles. The fourth-order valence-electron chi connectivity index (χ4n) is 4.09. The molecule has 0 radical (unpaired) electrons. The van der Waals surface area contributed by atoms with Gasteiger partial charge in [-0.2, -0.15) is 0 Å². The summed E-state index contributed by atoms with van der Waals surface area (Å²) in [7, 11) is 6.77. The van der Waals surface area contributed by atoms with Crippen LogP contribution in [0.5, 0.6) is 23.0 Å². The zero-order valence-electron chi connectivity index (χ0n) is 16.7. The molecule has 0 aliphatic heterocycles. The topological polar surface area (TPSA) is 36.9 Å². The first-order valence-electron chi connectivity index (χ1n) is 9.27. The van der Waals surface area contributed by atoms with Crippen LogP contribution in [0.3, 0.4) is 0 Å². The summed E-state index contributed by atoms with van der Waals surface area (Å²) in [5, 5.41) is 2.14. The van der Waals surface area contributed by atoms with Gasteiger partial charge in [0.1, 0.15) is 11.5 Å². The van der Waals surface area contributed by atoms with Gasteiger partial charge in [-0.3, -0.25) is 0 Å². The van der Waals surface area contributed by atoms with Crippen molar-refractivity contribution in [1.82, 2.24) is 0 Å². The fraction of sp³-hybridized carbons (Fsp3) is 0.250. The van der Waals surface area contributed by atoms with Crippen molar-refractivity contribution >= 4 is 16.3 Å². The quantitative estimate of drug-likeness (QED) is 0.624. The minimum atomic E-state index is 0.773. The highest BCUT2D eigenvalue weighted by atomic mass is 16.5. The predicted molar refractivity (Wildman–Crippen MR) is 112 cm³/mol. The molecule has 0 N–H and O–H groups in total. The second-order valence-electron chi connectivity index (χ2n) is 6.75. The number of allylic oxidation sites excluding steroid dienone is 2. The highest BCUT2D eigenvalue weighted by Gasteiger charge is 2.21. The van der Waals surface area contributed by atoms with Gasteiger partial charge in [0, 0.05) is 16.3 Å². The molecule has 0 atom stereocenters. The molecular weight excluding hydrogens is 352 g/mol. The molecule has 0 aromatic heterocycles. The zero-order valence-corrected chi connectivity index (χ0v) is 16.7. The van der Waals surface area contributed by atoms with E-state index in [1.54, 1.807) is 28.4 Å². The number of hydrogen-bond donors (Lipinski definition) is 0. The van der Waals surface area contributed by atoms with E-state index in [1.165, 1.54) is 22.3 Å². The summed E-state index contributed by atoms with van der Waals surface area (Å²) in [6, 6.07) is 14.3. The van der Waals surface area contributed by atoms with Crippen LogP contribution < -0.4 is 18.9 Å². The maximum atomic E-state index is 5.68. The van der Waals surface area contributed by atoms with Gasteiger partial charge >= 0.3 is 0 Å². The Morgan fingerprint density at radius 1 is 0.714 bits per heavy atom. The molecule has 1 aliphatic rings. The van der Waals surface area contributed by atoms with E-state index >= 15 is 0 Å². The van der Waals surface area contributed by atoms with Crippen molar-refractivity contribution in [2.75, 3.05) is 28.4 Å². The molecule has 4 nitrogen and oxygen atoms in total. The van der Waals surface area contributed by atoms with E-state index in [2.05, 4.69) is 24.3 Å². The predicted octanol–water partition coefficient (Wildman–Crippen LogP) is 5.06. The summed E-state index contributed by atoms with van der Waals surface area (Å²) in [5.41, 5.74) is 4.90. The summed E-state index contributed by atoms with van der Waals surface area (Å²) in [6.45, 7) is 0. The number of benzene rings is 3. The van der Waals surface area contributed by atoms with Crippen molar-refractivity contribution in [2.45, 2.75) is 12.8 Å². The lowest BCUT2D eigenvalue weighted by molar-refractivity contribution is 0.351. The maximum Gasteiger partial charge on any atom is 0.164 e. The van der Waals surface area contributed by atoms with Crippen LogP contribution in [-0.4, -0.2) is 28.4 Å². The van der Waals surface area contributed by atoms with Gasteiger partial charge in [-0.15, -0.1) is 0 Å². The van der Waals surface area contributed by atoms with Crippen molar-refractivity contribution < 1.29 is 18.9 Å². The minimum Gasteiger partial charge on any atom is -0.496 e. The average Bonchev–Trinajstić information content (AvgIpc) is 2.76. The van der Waals surface area contributed by atoms with E-state index in [1.807, 2.05) is 24.3 Å². The lowest BCUT2D eigenvalue weighted by Crippen LogP contribution is -2.07. The van der Waals surface area contributed by atoms with Gasteiger partial charge in [0.15, 0.2) is 11.5 Å². The molecule has 1 aliphatic carbocycles. The Morgan fingerprint density at radius 2 is 1.46 bits per heavy atom. The molecule has 0 spiro atoms. The van der Waals surface area contributed by atoms with E-state index < -0.39 is 0 Å². The van der Waals surface area contributed by atoms with Crippen molar-refractivity contribution in [2.24, 2.45) is 0 Å². The third kappa shape index (κ3) is 2.85. The van der Waals surface area contributed by atoms with Gasteiger partial charge in [-0.25, -0.2) is 0 Å². The molecule has 3 aromatic rings. The zero-order chi connectivity index (χ0) is 19.7. The Hall–Kier alpha value is -3.14. The van der Waals surface area contributed by atoms with Gasteiger partial charge in [-0.05, 0) is 47.7 Å². The molecule has 0 unspecified atom stereocenters. The van der Waals surface area contributed by atoms with Crippen molar-refractivity contribution in [3.05, 3.63) is 65.2 Å². The van der Waals surface area contributed by atoms with Crippen LogP contribution in [0.4, 0.5) is 0 Å². The molecule has 4 rings (SSSR count). The fourth-order valence-corrected chi connectivity index (χ4v) is 4.09. The normalized spacial score (nSPS) is 12.9. The largest absolute Gasteiger partial charge is 0.496 e. The van der Waals surface area contributed by atoms with Gasteiger partial charge in [0.05, 0.1) is 28.4 Å². The second kappa shape index (κ2) is 7.47. The number of fused-ring (bicyclic) bond motifs is 2. The molecule has 4 heteroatoms. The Labute approximate surface area is 165 Å². The monoisotopic (exact) mass is 376 g/mol. The van der Waals surface area contributed by atoms with Crippen molar-refractivity contribution in [1.29, 1.82) is 0 Å². The number of ether oxygens (including phenoxy) is 4. The second-order valence-corrected chi connectivity index (χ2v) is 6.75. The van der Waals surface area contributed by atoms with Crippen LogP contribution in [-0.2, 0) is 12.8 Å². The smallest absolute Gasteiger partial charge is 0.164 e. The van der Waals surface area contributed by atoms with Crippen LogP contribution >= 0.6 is 0 Å². The number of rotatable bonds is 5. The van der Waals surface area contributed by atoms with Gasteiger partial charge in [-0.1, -0.05) is 30.3 Å². The van der Waals surface area contributed by atoms with E-state index in [-0.39, 0.29) is 0 Å². The molecule has 144 valence electrons. The van der Waals surface area contributed by atoms with Crippen LogP contribution in [0, 0.1) is 0 Å². The SMILES string of the molecule is COc1ccc2c(c1OC)CC=C(c1ccc(OC)c3cccc(OC)c13)C2. The summed E-state index contributed by atoms with van der Waals surface area (Å²) >= 11 is 0. The van der Waals surface area contributed by atoms with E-state index in [0.29, 0.717) is 0 Å². The lowest BCUT2D eigenvalue weighted by Gasteiger charge is -2.23. The standard InChI is InChI=1S/C24H24O4/c1-25-20-13-11-17(23-19(20)6-5-7-21(23)26-2)15-8-10-18-16(14-15)9-12-22(27-3)24(18)28-4/h5-9,11-13H,10,14H2,1-4H3. The summed E-state index contributed by atoms with van der Waals surface area (Å²) < 4.78 is 22.3. The summed E-state index contributed by atoms with van der Waals surface area (Å²) in [6.07, 6.45) is 3.90. The Kier molecular flexibility index (Phi) is 4.86. The van der Waals surface area contributed by atoms with Crippen LogP contribution in [0.1, 0.15) is 16.7 Å². The first-order valence-corrected chi connectivity index (χ1v) is 9.27. The molecule has 0 amide bonds. The Morgan fingerprint density at radius 3 is 2.18 bits per heavy atom. The lowest BCUT2D eigenvalue weighted by atomic mass is 9.85. The van der Waals surface area contributed by atoms with Gasteiger partial charge in [0.2, 0.25) is 0 Å². The van der Waals surface area contributed by atoms with Gasteiger partial charge in [0.25, 0.3) is 0 Å². The Bertz CT molecular complexity index is 1070. The molecule has 0 bridgehead atoms. The minimum absolute atomic E-state index is 0.773. The van der Waals surface area contributed by atoms with E-state index in [4.69, 9.17) is 18.9 Å². The molecule has 0 saturated carbocycles. The summed E-state index contributed by atoms with van der Waals surface area (Å²) in [5.74, 6) is 3.30. The molecule has 0 saturated heterocycles. The van der Waals surface area contributed by atoms with Crippen molar-refractivity contribution in [3.8, 4) is 23.0 Å². The van der Waals surface area contributed by atoms with E-state index in [9.17, 15) is 0 Å². The third-order valence-electron chi connectivity index (χ3n) is 5.43. The Balaban J connectivity index is 1.85. The maximum absolute atomic E-state index is 5.68. The first kappa shape index (κ1) is 18.2. The summed E-state index contributed by atoms with van der Waals surface area (Å²) in [4.78, 5) is 0. The van der Waals surface area contributed by atoms with Crippen molar-refractivity contribution in [3.63, 3.8) is 0 Å². The molecule has 0 fully saturated rings. The highest BCUT2D eigenvalue weighted by molar-refractivity contribution is 6.02.